The van der Waals surface area contributed by atoms with Gasteiger partial charge in [-0.1, -0.05) is 32.5 Å². The van der Waals surface area contributed by atoms with Gasteiger partial charge < -0.3 is 33.1 Å². The lowest BCUT2D eigenvalue weighted by Crippen LogP contribution is -2.43. The van der Waals surface area contributed by atoms with Crippen molar-refractivity contribution < 1.29 is 42.5 Å². The molecule has 3 atom stereocenters. The molecule has 1 N–H and O–H groups in total. The highest BCUT2D eigenvalue weighted by Gasteiger charge is 2.54. The topological polar surface area (TPSA) is 187 Å². The number of anilines is 1. The van der Waals surface area contributed by atoms with Gasteiger partial charge in [0.25, 0.3) is 0 Å². The summed E-state index contributed by atoms with van der Waals surface area (Å²) >= 11 is 6.52. The molecular weight excluding hydrogens is 771 g/mol. The summed E-state index contributed by atoms with van der Waals surface area (Å²) in [4.78, 5) is 21.1. The van der Waals surface area contributed by atoms with Gasteiger partial charge in [-0.3, -0.25) is 9.46 Å². The maximum absolute atomic E-state index is 14.4. The molecule has 308 valence electrons. The highest BCUT2D eigenvalue weighted by atomic mass is 35.5. The summed E-state index contributed by atoms with van der Waals surface area (Å²) in [6.07, 6.45) is 3.24. The zero-order valence-electron chi connectivity index (χ0n) is 33.4. The van der Waals surface area contributed by atoms with E-state index >= 15 is 0 Å². The molecule has 20 heteroatoms. The van der Waals surface area contributed by atoms with Crippen molar-refractivity contribution in [1.82, 2.24) is 34.8 Å². The maximum atomic E-state index is 14.4. The summed E-state index contributed by atoms with van der Waals surface area (Å²) in [5.74, 6) is 0.557. The molecule has 2 fully saturated rings. The van der Waals surface area contributed by atoms with Gasteiger partial charge in [-0.2, -0.15) is 4.98 Å². The molecule has 1 saturated heterocycles. The minimum absolute atomic E-state index is 0.0246. The van der Waals surface area contributed by atoms with Crippen molar-refractivity contribution in [3.05, 3.63) is 28.9 Å². The maximum Gasteiger partial charge on any atom is 0.416 e. The van der Waals surface area contributed by atoms with Crippen molar-refractivity contribution >= 4 is 44.7 Å². The van der Waals surface area contributed by atoms with Crippen LogP contribution in [0, 0.1) is 0 Å². The minimum Gasteiger partial charge on any atom is -0.443 e. The smallest absolute Gasteiger partial charge is 0.416 e. The van der Waals surface area contributed by atoms with E-state index in [9.17, 15) is 14.5 Å². The van der Waals surface area contributed by atoms with Crippen molar-refractivity contribution in [3.63, 3.8) is 0 Å². The van der Waals surface area contributed by atoms with Crippen molar-refractivity contribution in [2.45, 2.75) is 141 Å². The van der Waals surface area contributed by atoms with Crippen LogP contribution in [-0.2, 0) is 45.7 Å². The lowest BCUT2D eigenvalue weighted by molar-refractivity contribution is -0.0885. The summed E-state index contributed by atoms with van der Waals surface area (Å²) in [5.41, 5.74) is 0.609. The number of carbonyl (C=O) groups is 1. The average Bonchev–Trinajstić information content (AvgIpc) is 3.92. The summed E-state index contributed by atoms with van der Waals surface area (Å²) < 4.78 is 52.0. The molecule has 0 unspecified atom stereocenters. The largest absolute Gasteiger partial charge is 0.443 e. The Hall–Kier alpha value is -2.54. The van der Waals surface area contributed by atoms with Crippen molar-refractivity contribution in [3.8, 4) is 0 Å². The van der Waals surface area contributed by atoms with Gasteiger partial charge in [0.1, 0.15) is 17.2 Å². The fourth-order valence-corrected chi connectivity index (χ4v) is 9.65. The number of ether oxygens (including phenoxy) is 4. The zero-order valence-corrected chi connectivity index (χ0v) is 36.1. The van der Waals surface area contributed by atoms with Crippen LogP contribution in [0.15, 0.2) is 12.1 Å². The molecular formula is C35H58ClN8O9PSi. The Kier molecular flexibility index (Phi) is 14.6. The van der Waals surface area contributed by atoms with E-state index in [1.165, 1.54) is 4.80 Å². The van der Waals surface area contributed by atoms with Gasteiger partial charge in [0, 0.05) is 20.7 Å². The Morgan fingerprint density at radius 2 is 1.80 bits per heavy atom. The second kappa shape index (κ2) is 18.4. The molecule has 2 aliphatic rings. The first-order chi connectivity index (χ1) is 26.0. The van der Waals surface area contributed by atoms with Gasteiger partial charge in [0.2, 0.25) is 5.28 Å². The van der Waals surface area contributed by atoms with Gasteiger partial charge in [-0.05, 0) is 95.3 Å². The number of hydrogen-bond donors (Lipinski definition) is 1. The second-order valence-electron chi connectivity index (χ2n) is 16.2. The Morgan fingerprint density at radius 3 is 2.44 bits per heavy atom. The number of aromatic nitrogens is 7. The van der Waals surface area contributed by atoms with E-state index < -0.39 is 51.5 Å². The standard InChI is InChI=1S/C35H58ClN8O9PSi/c1-9-50-54(47,51-10-2)35(23-45,21-30-38-41-42(39-30)24-48-19-20-55(6,7)8)49-22-26-15-18-29(52-26)27-16-17-28-31(37-32(36)40-44(27)28)43(25-13-11-12-14-25)33(46)53-34(3,4)5/h16-17,25-26,29,45H,9-15,18-24H2,1-8H3/t26-,29-,35+/m0/s1. The molecule has 0 bridgehead atoms. The number of aliphatic hydroxyl groups is 1. The number of halogens is 1. The fraction of sp³-hybridized carbons (Fsp3) is 0.771. The monoisotopic (exact) mass is 828 g/mol. The number of fused-ring (bicyclic) bond motifs is 1. The third kappa shape index (κ3) is 10.9. The minimum atomic E-state index is -4.12. The predicted molar refractivity (Wildman–Crippen MR) is 208 cm³/mol. The third-order valence-corrected chi connectivity index (χ3v) is 13.9. The SMILES string of the molecule is CCOP(=O)(OCC)[C@@](CO)(Cc1nnn(COCC[Si](C)(C)C)n1)OC[C@@H]1CC[C@@H](c2ccc3c(N(C(=O)OC(C)(C)C)C4CCCC4)nc(Cl)nn23)O1. The molecule has 1 aliphatic heterocycles. The Bertz CT molecular complexity index is 1770. The van der Waals surface area contributed by atoms with Crippen molar-refractivity contribution in [1.29, 1.82) is 0 Å². The molecule has 4 heterocycles. The van der Waals surface area contributed by atoms with Crippen LogP contribution in [0.4, 0.5) is 10.6 Å². The van der Waals surface area contributed by atoms with Crippen molar-refractivity contribution in [2.75, 3.05) is 37.9 Å². The lowest BCUT2D eigenvalue weighted by atomic mass is 10.1. The first-order valence-electron chi connectivity index (χ1n) is 19.2. The van der Waals surface area contributed by atoms with Crippen LogP contribution in [0.25, 0.3) is 5.52 Å². The normalized spacial score (nSPS) is 19.7. The second-order valence-corrected chi connectivity index (χ2v) is 24.5. The molecule has 1 aliphatic carbocycles. The van der Waals surface area contributed by atoms with E-state index in [2.05, 4.69) is 45.1 Å². The average molecular weight is 829 g/mol. The fourth-order valence-electron chi connectivity index (χ4n) is 6.77. The molecule has 1 amide bonds. The highest BCUT2D eigenvalue weighted by Crippen LogP contribution is 2.61. The van der Waals surface area contributed by atoms with E-state index in [4.69, 9.17) is 39.6 Å². The summed E-state index contributed by atoms with van der Waals surface area (Å²) in [6, 6.07) is 4.65. The number of tetrazole rings is 1. The van der Waals surface area contributed by atoms with Crippen LogP contribution in [0.5, 0.6) is 0 Å². The van der Waals surface area contributed by atoms with Gasteiger partial charge in [-0.15, -0.1) is 20.1 Å². The van der Waals surface area contributed by atoms with Crippen LogP contribution >= 0.6 is 19.2 Å². The molecule has 0 radical (unpaired) electrons. The number of rotatable bonds is 19. The molecule has 1 saturated carbocycles. The molecule has 0 aromatic carbocycles. The summed E-state index contributed by atoms with van der Waals surface area (Å²) in [6.45, 7) is 15.7. The summed E-state index contributed by atoms with van der Waals surface area (Å²) in [7, 11) is -5.39. The number of amides is 1. The van der Waals surface area contributed by atoms with Crippen LogP contribution in [0.2, 0.25) is 31.0 Å². The van der Waals surface area contributed by atoms with E-state index in [-0.39, 0.29) is 50.1 Å². The molecule has 17 nitrogen and oxygen atoms in total. The highest BCUT2D eigenvalue weighted by molar-refractivity contribution is 7.55. The quantitative estimate of drug-likeness (QED) is 0.0755. The van der Waals surface area contributed by atoms with Crippen LogP contribution in [-0.4, -0.2) is 110 Å². The van der Waals surface area contributed by atoms with Gasteiger partial charge >= 0.3 is 13.7 Å². The molecule has 3 aromatic rings. The molecule has 0 spiro atoms. The van der Waals surface area contributed by atoms with Crippen LogP contribution in [0.3, 0.4) is 0 Å². The lowest BCUT2D eigenvalue weighted by Gasteiger charge is -2.37. The molecule has 5 rings (SSSR count). The first kappa shape index (κ1) is 43.6. The number of nitrogens with zero attached hydrogens (tertiary/aromatic N) is 8. The number of carbonyl (C=O) groups excluding carboxylic acids is 1. The number of aliphatic hydroxyl groups excluding tert-OH is 1. The van der Waals surface area contributed by atoms with Gasteiger partial charge in [-0.25, -0.2) is 9.31 Å². The van der Waals surface area contributed by atoms with Gasteiger partial charge in [0.05, 0.1) is 44.6 Å². The third-order valence-electron chi connectivity index (χ3n) is 9.45. The first-order valence-corrected chi connectivity index (χ1v) is 24.8. The van der Waals surface area contributed by atoms with Crippen LogP contribution < -0.4 is 4.90 Å². The Balaban J connectivity index is 1.34. The Labute approximate surface area is 329 Å². The molecule has 55 heavy (non-hydrogen) atoms. The van der Waals surface area contributed by atoms with E-state index in [0.717, 1.165) is 31.7 Å². The number of hydrogen-bond acceptors (Lipinski definition) is 14. The van der Waals surface area contributed by atoms with E-state index in [0.29, 0.717) is 36.5 Å². The van der Waals surface area contributed by atoms with E-state index in [1.807, 2.05) is 32.9 Å². The van der Waals surface area contributed by atoms with Crippen LogP contribution in [0.1, 0.15) is 90.8 Å². The molecule has 3 aromatic heterocycles. The zero-order chi connectivity index (χ0) is 40.0. The Morgan fingerprint density at radius 1 is 1.09 bits per heavy atom. The predicted octanol–water partition coefficient (Wildman–Crippen LogP) is 6.80. The van der Waals surface area contributed by atoms with Gasteiger partial charge in [0.15, 0.2) is 23.7 Å². The van der Waals surface area contributed by atoms with E-state index in [1.54, 1.807) is 23.3 Å². The van der Waals surface area contributed by atoms with Crippen molar-refractivity contribution in [2.24, 2.45) is 0 Å². The summed E-state index contributed by atoms with van der Waals surface area (Å²) in [5, 5.41) is 26.2.